The van der Waals surface area contributed by atoms with E-state index in [-0.39, 0.29) is 23.7 Å². The van der Waals surface area contributed by atoms with Gasteiger partial charge in [0.2, 0.25) is 5.43 Å². The average molecular weight is 339 g/mol. The minimum atomic E-state index is -0.255. The van der Waals surface area contributed by atoms with E-state index in [2.05, 4.69) is 5.01 Å². The summed E-state index contributed by atoms with van der Waals surface area (Å²) in [7, 11) is 0. The molecule has 0 N–H and O–H groups in total. The lowest BCUT2D eigenvalue weighted by Crippen LogP contribution is -2.55. The molecule has 4 rings (SSSR count). The standard InChI is InChI=1S/C19H21N3O3/c23-16-9-12-22-17(18(16)25-13-15-7-3-1-4-8-15)19(24)20-10-5-2-6-11-21(22)14-20/h1,3-4,7-9,12H,2,5-6,10-11,13-14H2. The maximum atomic E-state index is 12.9. The highest BCUT2D eigenvalue weighted by Gasteiger charge is 2.33. The Morgan fingerprint density at radius 3 is 2.60 bits per heavy atom. The number of rotatable bonds is 3. The van der Waals surface area contributed by atoms with E-state index in [1.54, 1.807) is 10.9 Å². The summed E-state index contributed by atoms with van der Waals surface area (Å²) in [4.78, 5) is 27.1. The Kier molecular flexibility index (Phi) is 4.17. The van der Waals surface area contributed by atoms with Crippen molar-refractivity contribution in [2.45, 2.75) is 25.9 Å². The molecule has 3 heterocycles. The van der Waals surface area contributed by atoms with Crippen molar-refractivity contribution in [2.24, 2.45) is 0 Å². The highest BCUT2D eigenvalue weighted by atomic mass is 16.5. The number of fused-ring (bicyclic) bond motifs is 4. The molecular weight excluding hydrogens is 318 g/mol. The lowest BCUT2D eigenvalue weighted by molar-refractivity contribution is 0.0670. The fraction of sp³-hybridized carbons (Fsp3) is 0.368. The van der Waals surface area contributed by atoms with E-state index in [4.69, 9.17) is 4.74 Å². The second-order valence-corrected chi connectivity index (χ2v) is 6.48. The summed E-state index contributed by atoms with van der Waals surface area (Å²) in [5.41, 5.74) is 1.05. The van der Waals surface area contributed by atoms with Crippen LogP contribution in [0.15, 0.2) is 47.4 Å². The van der Waals surface area contributed by atoms with Crippen LogP contribution < -0.4 is 15.2 Å². The van der Waals surface area contributed by atoms with Crippen LogP contribution in [0.5, 0.6) is 5.75 Å². The Labute approximate surface area is 146 Å². The summed E-state index contributed by atoms with van der Waals surface area (Å²) in [6, 6.07) is 11.1. The van der Waals surface area contributed by atoms with Crippen LogP contribution in [-0.4, -0.2) is 35.2 Å². The van der Waals surface area contributed by atoms with Crippen LogP contribution in [0.2, 0.25) is 0 Å². The Bertz CT molecular complexity index is 832. The topological polar surface area (TPSA) is 54.8 Å². The minimum Gasteiger partial charge on any atom is -0.482 e. The van der Waals surface area contributed by atoms with Crippen molar-refractivity contribution >= 4 is 5.91 Å². The van der Waals surface area contributed by atoms with Crippen molar-refractivity contribution in [1.82, 2.24) is 9.58 Å². The van der Waals surface area contributed by atoms with Crippen molar-refractivity contribution in [3.8, 4) is 5.75 Å². The smallest absolute Gasteiger partial charge is 0.277 e. The second-order valence-electron chi connectivity index (χ2n) is 6.48. The largest absolute Gasteiger partial charge is 0.482 e. The number of carbonyl (C=O) groups excluding carboxylic acids is 1. The number of hydrogen-bond donors (Lipinski definition) is 0. The first-order chi connectivity index (χ1) is 12.2. The van der Waals surface area contributed by atoms with E-state index in [0.29, 0.717) is 12.4 Å². The van der Waals surface area contributed by atoms with Gasteiger partial charge < -0.3 is 9.64 Å². The van der Waals surface area contributed by atoms with Gasteiger partial charge in [0.05, 0.1) is 0 Å². The number of aromatic nitrogens is 1. The Hall–Kier alpha value is -2.76. The maximum absolute atomic E-state index is 12.9. The van der Waals surface area contributed by atoms with Crippen LogP contribution in [0.25, 0.3) is 0 Å². The predicted molar refractivity (Wildman–Crippen MR) is 94.3 cm³/mol. The zero-order valence-corrected chi connectivity index (χ0v) is 14.1. The molecule has 2 aromatic rings. The first-order valence-electron chi connectivity index (χ1n) is 8.71. The van der Waals surface area contributed by atoms with Crippen molar-refractivity contribution in [1.29, 1.82) is 0 Å². The molecule has 0 unspecified atom stereocenters. The van der Waals surface area contributed by atoms with Crippen LogP contribution in [-0.2, 0) is 6.61 Å². The molecule has 0 saturated carbocycles. The quantitative estimate of drug-likeness (QED) is 0.858. The Morgan fingerprint density at radius 2 is 1.76 bits per heavy atom. The van der Waals surface area contributed by atoms with Crippen molar-refractivity contribution < 1.29 is 9.53 Å². The predicted octanol–water partition coefficient (Wildman–Crippen LogP) is 1.96. The van der Waals surface area contributed by atoms with E-state index in [0.717, 1.165) is 37.9 Å². The van der Waals surface area contributed by atoms with E-state index in [9.17, 15) is 9.59 Å². The number of amides is 1. The Morgan fingerprint density at radius 1 is 0.960 bits per heavy atom. The van der Waals surface area contributed by atoms with Crippen LogP contribution in [0.4, 0.5) is 0 Å². The van der Waals surface area contributed by atoms with Gasteiger partial charge in [-0.15, -0.1) is 0 Å². The monoisotopic (exact) mass is 339 g/mol. The molecule has 0 atom stereocenters. The molecule has 2 aliphatic rings. The lowest BCUT2D eigenvalue weighted by atomic mass is 10.1. The summed E-state index contributed by atoms with van der Waals surface area (Å²) in [6.45, 7) is 2.40. The van der Waals surface area contributed by atoms with E-state index in [1.807, 2.05) is 35.2 Å². The molecule has 0 aliphatic carbocycles. The lowest BCUT2D eigenvalue weighted by Gasteiger charge is -2.41. The highest BCUT2D eigenvalue weighted by Crippen LogP contribution is 2.23. The molecule has 6 nitrogen and oxygen atoms in total. The second kappa shape index (κ2) is 6.63. The fourth-order valence-corrected chi connectivity index (χ4v) is 3.41. The molecule has 1 aromatic heterocycles. The molecule has 0 spiro atoms. The fourth-order valence-electron chi connectivity index (χ4n) is 3.41. The maximum Gasteiger partial charge on any atom is 0.277 e. The van der Waals surface area contributed by atoms with Gasteiger partial charge in [0.15, 0.2) is 11.4 Å². The summed E-state index contributed by atoms with van der Waals surface area (Å²) >= 11 is 0. The zero-order valence-electron chi connectivity index (χ0n) is 14.1. The third-order valence-corrected chi connectivity index (χ3v) is 4.73. The highest BCUT2D eigenvalue weighted by molar-refractivity contribution is 5.96. The normalized spacial score (nSPS) is 16.9. The number of ether oxygens (including phenoxy) is 1. The Balaban J connectivity index is 1.72. The summed E-state index contributed by atoms with van der Waals surface area (Å²) < 4.78 is 7.62. The molecule has 0 radical (unpaired) electrons. The summed E-state index contributed by atoms with van der Waals surface area (Å²) in [5.74, 6) is 0.0190. The van der Waals surface area contributed by atoms with Crippen molar-refractivity contribution in [3.63, 3.8) is 0 Å². The van der Waals surface area contributed by atoms with Crippen LogP contribution >= 0.6 is 0 Å². The molecule has 1 fully saturated rings. The molecular formula is C19H21N3O3. The molecule has 25 heavy (non-hydrogen) atoms. The molecule has 130 valence electrons. The molecule has 6 heteroatoms. The van der Waals surface area contributed by atoms with Crippen molar-refractivity contribution in [2.75, 3.05) is 24.8 Å². The van der Waals surface area contributed by atoms with Gasteiger partial charge in [-0.05, 0) is 24.8 Å². The van der Waals surface area contributed by atoms with Gasteiger partial charge in [0, 0.05) is 25.4 Å². The van der Waals surface area contributed by atoms with E-state index in [1.165, 1.54) is 6.07 Å². The SMILES string of the molecule is O=C1c2c(OCc3ccccc3)c(=O)ccn2N2CCCCCN1C2. The zero-order chi connectivity index (χ0) is 17.2. The summed E-state index contributed by atoms with van der Waals surface area (Å²) in [5, 5.41) is 2.10. The third kappa shape index (κ3) is 2.99. The molecule has 1 saturated heterocycles. The minimum absolute atomic E-state index is 0.126. The van der Waals surface area contributed by atoms with E-state index >= 15 is 0 Å². The van der Waals surface area contributed by atoms with Crippen molar-refractivity contribution in [3.05, 3.63) is 64.1 Å². The first-order valence-corrected chi connectivity index (χ1v) is 8.71. The van der Waals surface area contributed by atoms with Crippen LogP contribution in [0.3, 0.4) is 0 Å². The number of hydrogen-bond acceptors (Lipinski definition) is 4. The van der Waals surface area contributed by atoms with Gasteiger partial charge in [-0.2, -0.15) is 0 Å². The number of nitrogens with zero attached hydrogens (tertiary/aromatic N) is 3. The van der Waals surface area contributed by atoms with Gasteiger partial charge in [0.25, 0.3) is 5.91 Å². The molecule has 1 aromatic carbocycles. The summed E-state index contributed by atoms with van der Waals surface area (Å²) in [6.07, 6.45) is 4.86. The first kappa shape index (κ1) is 15.7. The van der Waals surface area contributed by atoms with Gasteiger partial charge >= 0.3 is 0 Å². The van der Waals surface area contributed by atoms with Crippen LogP contribution in [0, 0.1) is 0 Å². The van der Waals surface area contributed by atoms with Gasteiger partial charge in [0.1, 0.15) is 13.3 Å². The molecule has 1 amide bonds. The molecule has 2 bridgehead atoms. The van der Waals surface area contributed by atoms with Crippen LogP contribution in [0.1, 0.15) is 35.3 Å². The average Bonchev–Trinajstić information content (AvgIpc) is 2.61. The molecule has 2 aliphatic heterocycles. The van der Waals surface area contributed by atoms with Gasteiger partial charge in [-0.3, -0.25) is 19.3 Å². The number of pyridine rings is 1. The van der Waals surface area contributed by atoms with Gasteiger partial charge in [-0.25, -0.2) is 0 Å². The third-order valence-electron chi connectivity index (χ3n) is 4.73. The number of benzene rings is 1. The van der Waals surface area contributed by atoms with E-state index < -0.39 is 0 Å². The van der Waals surface area contributed by atoms with Gasteiger partial charge in [-0.1, -0.05) is 30.3 Å². The number of carbonyl (C=O) groups is 1.